The zero-order valence-corrected chi connectivity index (χ0v) is 20.1. The predicted octanol–water partition coefficient (Wildman–Crippen LogP) is 2.35. The second-order valence-electron chi connectivity index (χ2n) is 9.06. The second-order valence-corrected chi connectivity index (χ2v) is 10.9. The number of anilines is 2. The number of hydrogen-bond donors (Lipinski definition) is 0. The van der Waals surface area contributed by atoms with Crippen LogP contribution in [0.4, 0.5) is 11.4 Å². The molecule has 8 nitrogen and oxygen atoms in total. The summed E-state index contributed by atoms with van der Waals surface area (Å²) in [5.74, 6) is -0.143. The first-order chi connectivity index (χ1) is 16.4. The molecule has 0 spiro atoms. The quantitative estimate of drug-likeness (QED) is 0.652. The van der Waals surface area contributed by atoms with E-state index in [1.54, 1.807) is 28.0 Å². The van der Waals surface area contributed by atoms with Gasteiger partial charge in [-0.3, -0.25) is 13.9 Å². The number of amides is 2. The summed E-state index contributed by atoms with van der Waals surface area (Å²) in [4.78, 5) is 28.9. The van der Waals surface area contributed by atoms with Gasteiger partial charge in [-0.15, -0.1) is 0 Å². The van der Waals surface area contributed by atoms with Crippen LogP contribution in [0, 0.1) is 0 Å². The number of nitrogens with zero attached hydrogens (tertiary/aromatic N) is 3. The van der Waals surface area contributed by atoms with Crippen LogP contribution in [0.25, 0.3) is 0 Å². The Labute approximate surface area is 200 Å². The lowest BCUT2D eigenvalue weighted by Gasteiger charge is -2.27. The fourth-order valence-corrected chi connectivity index (χ4v) is 6.88. The number of carbonyl (C=O) groups excluding carboxylic acids is 2. The number of fused-ring (bicyclic) bond motifs is 2. The van der Waals surface area contributed by atoms with Crippen molar-refractivity contribution in [1.82, 2.24) is 4.90 Å². The molecular weight excluding hydrogens is 454 g/mol. The molecule has 0 radical (unpaired) electrons. The molecule has 1 saturated heterocycles. The van der Waals surface area contributed by atoms with Crippen LogP contribution >= 0.6 is 0 Å². The molecule has 0 aliphatic carbocycles. The van der Waals surface area contributed by atoms with Gasteiger partial charge in [0.15, 0.2) is 0 Å². The molecule has 0 unspecified atom stereocenters. The topological polar surface area (TPSA) is 87.2 Å². The van der Waals surface area contributed by atoms with E-state index in [0.717, 1.165) is 22.5 Å². The van der Waals surface area contributed by atoms with E-state index in [9.17, 15) is 18.0 Å². The first-order valence-corrected chi connectivity index (χ1v) is 13.2. The summed E-state index contributed by atoms with van der Waals surface area (Å²) in [6, 6.07) is 12.5. The Morgan fingerprint density at radius 2 is 1.68 bits per heavy atom. The molecule has 5 rings (SSSR count). The van der Waals surface area contributed by atoms with Crippen molar-refractivity contribution in [3.05, 3.63) is 53.6 Å². The number of hydrogen-bond acceptors (Lipinski definition) is 5. The Hall–Kier alpha value is -2.91. The third-order valence-corrected chi connectivity index (χ3v) is 8.79. The number of rotatable bonds is 5. The first kappa shape index (κ1) is 22.9. The van der Waals surface area contributed by atoms with Gasteiger partial charge in [0, 0.05) is 44.2 Å². The van der Waals surface area contributed by atoms with Crippen LogP contribution in [0.3, 0.4) is 0 Å². The van der Waals surface area contributed by atoms with Gasteiger partial charge < -0.3 is 14.5 Å². The molecule has 0 aromatic heterocycles. The molecule has 180 valence electrons. The van der Waals surface area contributed by atoms with Crippen molar-refractivity contribution < 1.29 is 22.7 Å². The molecule has 3 aliphatic rings. The van der Waals surface area contributed by atoms with Crippen molar-refractivity contribution in [1.29, 1.82) is 0 Å². The Morgan fingerprint density at radius 3 is 2.47 bits per heavy atom. The fraction of sp³-hybridized carbons (Fsp3) is 0.440. The van der Waals surface area contributed by atoms with Crippen LogP contribution in [-0.4, -0.2) is 64.0 Å². The lowest BCUT2D eigenvalue weighted by Crippen LogP contribution is -2.41. The Kier molecular flexibility index (Phi) is 6.07. The Balaban J connectivity index is 1.30. The standard InChI is InChI=1S/C25H29N3O5S/c1-18-16-19-4-2-3-5-23(19)28(18)34(31,32)21-6-7-22-20(17-21)10-11-27(22)25(30)9-8-24(29)26-12-14-33-15-13-26/h2-7,17-18H,8-16H2,1H3/t18-/m0/s1. The van der Waals surface area contributed by atoms with Crippen molar-refractivity contribution >= 4 is 33.2 Å². The molecule has 2 amide bonds. The fourth-order valence-electron chi connectivity index (χ4n) is 5.13. The van der Waals surface area contributed by atoms with Crippen LogP contribution in [-0.2, 0) is 37.2 Å². The van der Waals surface area contributed by atoms with Gasteiger partial charge in [-0.2, -0.15) is 0 Å². The maximum Gasteiger partial charge on any atom is 0.264 e. The van der Waals surface area contributed by atoms with E-state index < -0.39 is 10.0 Å². The molecule has 0 saturated carbocycles. The molecular formula is C25H29N3O5S. The largest absolute Gasteiger partial charge is 0.378 e. The predicted molar refractivity (Wildman–Crippen MR) is 128 cm³/mol. The summed E-state index contributed by atoms with van der Waals surface area (Å²) >= 11 is 0. The molecule has 0 bridgehead atoms. The van der Waals surface area contributed by atoms with E-state index in [4.69, 9.17) is 4.74 Å². The van der Waals surface area contributed by atoms with Gasteiger partial charge in [-0.25, -0.2) is 8.42 Å². The van der Waals surface area contributed by atoms with Gasteiger partial charge in [0.2, 0.25) is 11.8 Å². The number of morpholine rings is 1. The van der Waals surface area contributed by atoms with Crippen LogP contribution in [0.15, 0.2) is 47.4 Å². The van der Waals surface area contributed by atoms with E-state index in [0.29, 0.717) is 45.7 Å². The van der Waals surface area contributed by atoms with Gasteiger partial charge in [0.25, 0.3) is 10.0 Å². The Morgan fingerprint density at radius 1 is 0.941 bits per heavy atom. The summed E-state index contributed by atoms with van der Waals surface area (Å²) in [7, 11) is -3.73. The maximum atomic E-state index is 13.5. The van der Waals surface area contributed by atoms with Gasteiger partial charge >= 0.3 is 0 Å². The molecule has 1 atom stereocenters. The van der Waals surface area contributed by atoms with Gasteiger partial charge in [0.1, 0.15) is 0 Å². The lowest BCUT2D eigenvalue weighted by atomic mass is 10.1. The normalized spacial score (nSPS) is 19.8. The van der Waals surface area contributed by atoms with Crippen molar-refractivity contribution in [3.63, 3.8) is 0 Å². The van der Waals surface area contributed by atoms with E-state index in [-0.39, 0.29) is 35.6 Å². The molecule has 3 aliphatic heterocycles. The molecule has 34 heavy (non-hydrogen) atoms. The molecule has 3 heterocycles. The van der Waals surface area contributed by atoms with Crippen molar-refractivity contribution in [2.45, 2.75) is 43.5 Å². The number of carbonyl (C=O) groups is 2. The monoisotopic (exact) mass is 483 g/mol. The number of ether oxygens (including phenoxy) is 1. The van der Waals surface area contributed by atoms with Crippen molar-refractivity contribution in [2.24, 2.45) is 0 Å². The van der Waals surface area contributed by atoms with Gasteiger partial charge in [0.05, 0.1) is 23.8 Å². The highest BCUT2D eigenvalue weighted by Crippen LogP contribution is 2.38. The van der Waals surface area contributed by atoms with Crippen molar-refractivity contribution in [3.8, 4) is 0 Å². The second kappa shape index (κ2) is 9.03. The summed E-state index contributed by atoms with van der Waals surface area (Å²) in [6.07, 6.45) is 1.58. The minimum atomic E-state index is -3.73. The molecule has 9 heteroatoms. The van der Waals surface area contributed by atoms with Gasteiger partial charge in [-0.05, 0) is 55.2 Å². The van der Waals surface area contributed by atoms with E-state index in [2.05, 4.69) is 0 Å². The minimum absolute atomic E-state index is 0.0301. The lowest BCUT2D eigenvalue weighted by molar-refractivity contribution is -0.136. The molecule has 1 fully saturated rings. The average Bonchev–Trinajstić information content (AvgIpc) is 3.42. The molecule has 0 N–H and O–H groups in total. The summed E-state index contributed by atoms with van der Waals surface area (Å²) in [5, 5.41) is 0. The highest BCUT2D eigenvalue weighted by molar-refractivity contribution is 7.92. The number of para-hydroxylation sites is 1. The van der Waals surface area contributed by atoms with Crippen LogP contribution in [0.1, 0.15) is 30.9 Å². The maximum absolute atomic E-state index is 13.5. The number of benzene rings is 2. The summed E-state index contributed by atoms with van der Waals surface area (Å²) in [6.45, 7) is 4.61. The SMILES string of the molecule is C[C@H]1Cc2ccccc2N1S(=O)(=O)c1ccc2c(c1)CCN2C(=O)CCC(=O)N1CCOCC1. The first-order valence-electron chi connectivity index (χ1n) is 11.8. The summed E-state index contributed by atoms with van der Waals surface area (Å²) < 4.78 is 33.9. The van der Waals surface area contributed by atoms with Crippen LogP contribution in [0.5, 0.6) is 0 Å². The minimum Gasteiger partial charge on any atom is -0.378 e. The van der Waals surface area contributed by atoms with E-state index in [1.807, 2.05) is 31.2 Å². The smallest absolute Gasteiger partial charge is 0.264 e. The van der Waals surface area contributed by atoms with E-state index >= 15 is 0 Å². The third kappa shape index (κ3) is 4.07. The Bertz CT molecular complexity index is 1220. The number of sulfonamides is 1. The van der Waals surface area contributed by atoms with Crippen molar-refractivity contribution in [2.75, 3.05) is 42.1 Å². The van der Waals surface area contributed by atoms with E-state index in [1.165, 1.54) is 4.31 Å². The van der Waals surface area contributed by atoms with Gasteiger partial charge in [-0.1, -0.05) is 18.2 Å². The zero-order chi connectivity index (χ0) is 23.9. The molecule has 2 aromatic carbocycles. The highest BCUT2D eigenvalue weighted by atomic mass is 32.2. The highest BCUT2D eigenvalue weighted by Gasteiger charge is 2.37. The summed E-state index contributed by atoms with van der Waals surface area (Å²) in [5.41, 5.74) is 3.34. The average molecular weight is 484 g/mol. The zero-order valence-electron chi connectivity index (χ0n) is 19.3. The molecule has 2 aromatic rings. The van der Waals surface area contributed by atoms with Crippen LogP contribution < -0.4 is 9.21 Å². The third-order valence-electron chi connectivity index (χ3n) is 6.87. The van der Waals surface area contributed by atoms with Crippen LogP contribution in [0.2, 0.25) is 0 Å².